The molecule has 6 heteroatoms. The summed E-state index contributed by atoms with van der Waals surface area (Å²) in [5.41, 5.74) is 3.10. The number of hydrogen-bond acceptors (Lipinski definition) is 3. The molecule has 1 aliphatic rings. The van der Waals surface area contributed by atoms with Gasteiger partial charge in [-0.1, -0.05) is 36.3 Å². The van der Waals surface area contributed by atoms with Crippen LogP contribution in [0.1, 0.15) is 42.0 Å². The molecule has 128 valence electrons. The standard InChI is InChI=1S/C18H22N2O2S2/c1-13-6-8-15(9-7-13)24(21,22)20-10-4-3-5-17(20)16-12-19-18(23)11-14(16)2/h6-9,11-12,17H,3-5,10H2,1-2H3,(H,19,23). The van der Waals surface area contributed by atoms with Crippen LogP contribution in [0.3, 0.4) is 0 Å². The third-order valence-electron chi connectivity index (χ3n) is 4.61. The number of nitrogens with zero attached hydrogens (tertiary/aromatic N) is 1. The van der Waals surface area contributed by atoms with Gasteiger partial charge in [-0.05, 0) is 56.0 Å². The van der Waals surface area contributed by atoms with Gasteiger partial charge in [0.05, 0.1) is 10.9 Å². The third kappa shape index (κ3) is 3.31. The minimum Gasteiger partial charge on any atom is -0.353 e. The molecule has 0 saturated carbocycles. The van der Waals surface area contributed by atoms with E-state index in [1.165, 1.54) is 0 Å². The summed E-state index contributed by atoms with van der Waals surface area (Å²) in [7, 11) is -3.51. The number of hydrogen-bond donors (Lipinski definition) is 1. The maximum Gasteiger partial charge on any atom is 0.243 e. The van der Waals surface area contributed by atoms with Crippen LogP contribution >= 0.6 is 12.2 Å². The van der Waals surface area contributed by atoms with Crippen LogP contribution in [-0.2, 0) is 10.0 Å². The van der Waals surface area contributed by atoms with E-state index in [1.807, 2.05) is 38.2 Å². The highest BCUT2D eigenvalue weighted by molar-refractivity contribution is 7.89. The van der Waals surface area contributed by atoms with E-state index in [4.69, 9.17) is 12.2 Å². The van der Waals surface area contributed by atoms with Gasteiger partial charge >= 0.3 is 0 Å². The molecule has 2 heterocycles. The summed E-state index contributed by atoms with van der Waals surface area (Å²) in [6.07, 6.45) is 4.62. The monoisotopic (exact) mass is 362 g/mol. The normalized spacial score (nSPS) is 19.3. The van der Waals surface area contributed by atoms with Gasteiger partial charge < -0.3 is 4.98 Å². The van der Waals surface area contributed by atoms with Crippen molar-refractivity contribution in [2.75, 3.05) is 6.54 Å². The molecule has 0 spiro atoms. The first-order valence-electron chi connectivity index (χ1n) is 8.17. The highest BCUT2D eigenvalue weighted by atomic mass is 32.2. The molecule has 1 fully saturated rings. The Bertz CT molecular complexity index is 886. The Balaban J connectivity index is 2.03. The van der Waals surface area contributed by atoms with Gasteiger partial charge in [0.2, 0.25) is 10.0 Å². The molecule has 2 aromatic rings. The first kappa shape index (κ1) is 17.3. The van der Waals surface area contributed by atoms with E-state index in [0.717, 1.165) is 36.0 Å². The van der Waals surface area contributed by atoms with Crippen LogP contribution in [0.15, 0.2) is 41.4 Å². The molecule has 0 amide bonds. The van der Waals surface area contributed by atoms with Gasteiger partial charge in [-0.15, -0.1) is 0 Å². The number of benzene rings is 1. The molecule has 1 aromatic heterocycles. The quantitative estimate of drug-likeness (QED) is 0.829. The topological polar surface area (TPSA) is 53.2 Å². The summed E-state index contributed by atoms with van der Waals surface area (Å²) in [4.78, 5) is 3.41. The van der Waals surface area contributed by atoms with Crippen molar-refractivity contribution >= 4 is 22.2 Å². The third-order valence-corrected chi connectivity index (χ3v) is 6.77. The minimum atomic E-state index is -3.51. The van der Waals surface area contributed by atoms with E-state index in [0.29, 0.717) is 16.1 Å². The van der Waals surface area contributed by atoms with Crippen LogP contribution in [0, 0.1) is 18.5 Å². The Morgan fingerprint density at radius 1 is 1.17 bits per heavy atom. The molecule has 1 N–H and O–H groups in total. The van der Waals surface area contributed by atoms with E-state index in [1.54, 1.807) is 16.4 Å². The highest BCUT2D eigenvalue weighted by Crippen LogP contribution is 2.36. The fourth-order valence-corrected chi connectivity index (χ4v) is 5.20. The molecule has 1 unspecified atom stereocenters. The van der Waals surface area contributed by atoms with Gasteiger partial charge in [-0.3, -0.25) is 0 Å². The Morgan fingerprint density at radius 2 is 1.88 bits per heavy atom. The zero-order valence-electron chi connectivity index (χ0n) is 14.0. The molecule has 1 aromatic carbocycles. The lowest BCUT2D eigenvalue weighted by molar-refractivity contribution is 0.255. The van der Waals surface area contributed by atoms with Gasteiger partial charge in [-0.2, -0.15) is 4.31 Å². The van der Waals surface area contributed by atoms with Crippen molar-refractivity contribution in [3.05, 3.63) is 57.9 Å². The van der Waals surface area contributed by atoms with Crippen LogP contribution in [-0.4, -0.2) is 24.3 Å². The molecule has 1 aliphatic heterocycles. The lowest BCUT2D eigenvalue weighted by Gasteiger charge is -2.35. The molecule has 1 saturated heterocycles. The van der Waals surface area contributed by atoms with Crippen LogP contribution in [0.5, 0.6) is 0 Å². The number of H-pyrrole nitrogens is 1. The first-order valence-corrected chi connectivity index (χ1v) is 10.0. The summed E-state index contributed by atoms with van der Waals surface area (Å²) in [6.45, 7) is 4.50. The molecule has 0 aliphatic carbocycles. The Morgan fingerprint density at radius 3 is 2.54 bits per heavy atom. The molecule has 4 nitrogen and oxygen atoms in total. The Kier molecular flexibility index (Phi) is 4.90. The number of pyridine rings is 1. The van der Waals surface area contributed by atoms with E-state index in [2.05, 4.69) is 4.98 Å². The predicted octanol–water partition coefficient (Wildman–Crippen LogP) is 4.28. The lowest BCUT2D eigenvalue weighted by atomic mass is 9.96. The van der Waals surface area contributed by atoms with Gasteiger partial charge in [0.1, 0.15) is 4.64 Å². The summed E-state index contributed by atoms with van der Waals surface area (Å²) in [5.74, 6) is 0. The second kappa shape index (κ2) is 6.78. The van der Waals surface area contributed by atoms with E-state index in [9.17, 15) is 8.42 Å². The first-order chi connectivity index (χ1) is 11.4. The van der Waals surface area contributed by atoms with E-state index in [-0.39, 0.29) is 6.04 Å². The zero-order chi connectivity index (χ0) is 17.3. The van der Waals surface area contributed by atoms with Crippen LogP contribution in [0.25, 0.3) is 0 Å². The molecule has 24 heavy (non-hydrogen) atoms. The number of aromatic nitrogens is 1. The maximum atomic E-state index is 13.2. The van der Waals surface area contributed by atoms with Gasteiger partial charge in [0.15, 0.2) is 0 Å². The fraction of sp³-hybridized carbons (Fsp3) is 0.389. The molecule has 0 radical (unpaired) electrons. The minimum absolute atomic E-state index is 0.142. The molecule has 0 bridgehead atoms. The van der Waals surface area contributed by atoms with Crippen LogP contribution in [0.2, 0.25) is 0 Å². The number of piperidine rings is 1. The summed E-state index contributed by atoms with van der Waals surface area (Å²) in [5, 5.41) is 0. The van der Waals surface area contributed by atoms with Crippen molar-refractivity contribution in [3.63, 3.8) is 0 Å². The average molecular weight is 363 g/mol. The smallest absolute Gasteiger partial charge is 0.243 e. The number of aromatic amines is 1. The predicted molar refractivity (Wildman–Crippen MR) is 98.0 cm³/mol. The number of aryl methyl sites for hydroxylation is 2. The molecule has 3 rings (SSSR count). The number of sulfonamides is 1. The summed E-state index contributed by atoms with van der Waals surface area (Å²) < 4.78 is 28.6. The Labute approximate surface area is 148 Å². The van der Waals surface area contributed by atoms with Crippen molar-refractivity contribution < 1.29 is 8.42 Å². The number of rotatable bonds is 3. The number of nitrogens with one attached hydrogen (secondary N) is 1. The summed E-state index contributed by atoms with van der Waals surface area (Å²) >= 11 is 5.16. The van der Waals surface area contributed by atoms with Crippen LogP contribution < -0.4 is 0 Å². The van der Waals surface area contributed by atoms with Crippen LogP contribution in [0.4, 0.5) is 0 Å². The van der Waals surface area contributed by atoms with Crippen molar-refractivity contribution in [1.82, 2.24) is 9.29 Å². The zero-order valence-corrected chi connectivity index (χ0v) is 15.6. The van der Waals surface area contributed by atoms with Crippen molar-refractivity contribution in [2.45, 2.75) is 44.0 Å². The van der Waals surface area contributed by atoms with Gasteiger partial charge in [0, 0.05) is 12.7 Å². The Hall–Kier alpha value is -1.50. The average Bonchev–Trinajstić information content (AvgIpc) is 2.55. The molecular formula is C18H22N2O2S2. The lowest BCUT2D eigenvalue weighted by Crippen LogP contribution is -2.38. The van der Waals surface area contributed by atoms with E-state index >= 15 is 0 Å². The fourth-order valence-electron chi connectivity index (χ4n) is 3.29. The summed E-state index contributed by atoms with van der Waals surface area (Å²) in [6, 6.07) is 8.84. The maximum absolute atomic E-state index is 13.2. The SMILES string of the molecule is Cc1ccc(S(=O)(=O)N2CCCCC2c2c[nH]c(=S)cc2C)cc1. The molecular weight excluding hydrogens is 340 g/mol. The largest absolute Gasteiger partial charge is 0.353 e. The second-order valence-corrected chi connectivity index (χ2v) is 8.71. The van der Waals surface area contributed by atoms with Crippen molar-refractivity contribution in [1.29, 1.82) is 0 Å². The second-order valence-electron chi connectivity index (χ2n) is 6.38. The van der Waals surface area contributed by atoms with Gasteiger partial charge in [0.25, 0.3) is 0 Å². The van der Waals surface area contributed by atoms with Gasteiger partial charge in [-0.25, -0.2) is 8.42 Å². The van der Waals surface area contributed by atoms with E-state index < -0.39 is 10.0 Å². The van der Waals surface area contributed by atoms with Crippen molar-refractivity contribution in [2.24, 2.45) is 0 Å². The highest BCUT2D eigenvalue weighted by Gasteiger charge is 2.35. The van der Waals surface area contributed by atoms with Crippen molar-refractivity contribution in [3.8, 4) is 0 Å². The molecule has 1 atom stereocenters.